The molecule has 2 nitrogen and oxygen atoms in total. The van der Waals surface area contributed by atoms with Gasteiger partial charge in [-0.05, 0) is 23.8 Å². The molecule has 0 amide bonds. The van der Waals surface area contributed by atoms with Gasteiger partial charge in [0.15, 0.2) is 0 Å². The molecular formula is C18H14O2S. The normalized spacial score (nSPS) is 12.0. The minimum Gasteiger partial charge on any atom is -0.506 e. The van der Waals surface area contributed by atoms with Crippen molar-refractivity contribution in [2.45, 2.75) is 9.79 Å². The van der Waals surface area contributed by atoms with Gasteiger partial charge < -0.3 is 5.11 Å². The van der Waals surface area contributed by atoms with E-state index in [2.05, 4.69) is 0 Å². The van der Waals surface area contributed by atoms with Crippen LogP contribution in [0.3, 0.4) is 0 Å². The maximum absolute atomic E-state index is 12.6. The molecule has 104 valence electrons. The fourth-order valence-electron chi connectivity index (χ4n) is 2.19. The predicted molar refractivity (Wildman–Crippen MR) is 84.7 cm³/mol. The van der Waals surface area contributed by atoms with Gasteiger partial charge in [-0.1, -0.05) is 60.7 Å². The Balaban J connectivity index is 2.08. The third-order valence-corrected chi connectivity index (χ3v) is 4.67. The lowest BCUT2D eigenvalue weighted by Gasteiger charge is -2.10. The molecule has 0 aliphatic rings. The summed E-state index contributed by atoms with van der Waals surface area (Å²) in [4.78, 5) is 1.11. The first-order valence-corrected chi connectivity index (χ1v) is 7.76. The number of hydrogen-bond acceptors (Lipinski definition) is 2. The molecule has 0 heterocycles. The lowest BCUT2D eigenvalue weighted by Crippen LogP contribution is -1.94. The average Bonchev–Trinajstić information content (AvgIpc) is 2.56. The highest BCUT2D eigenvalue weighted by atomic mass is 32.2. The molecule has 3 rings (SSSR count). The van der Waals surface area contributed by atoms with Gasteiger partial charge in [0.05, 0.1) is 15.7 Å². The summed E-state index contributed by atoms with van der Waals surface area (Å²) in [5.41, 5.74) is 1.60. The van der Waals surface area contributed by atoms with Gasteiger partial charge in [0.25, 0.3) is 0 Å². The third kappa shape index (κ3) is 2.73. The summed E-state index contributed by atoms with van der Waals surface area (Å²) in [7, 11) is -1.39. The monoisotopic (exact) mass is 294 g/mol. The van der Waals surface area contributed by atoms with E-state index >= 15 is 0 Å². The van der Waals surface area contributed by atoms with Crippen LogP contribution in [0.1, 0.15) is 0 Å². The summed E-state index contributed by atoms with van der Waals surface area (Å²) in [6.07, 6.45) is 0. The Bertz CT molecular complexity index is 768. The summed E-state index contributed by atoms with van der Waals surface area (Å²) >= 11 is 0. The summed E-state index contributed by atoms with van der Waals surface area (Å²) in [6.45, 7) is 0. The van der Waals surface area contributed by atoms with Gasteiger partial charge in [-0.3, -0.25) is 0 Å². The molecule has 3 aromatic carbocycles. The van der Waals surface area contributed by atoms with Crippen LogP contribution < -0.4 is 0 Å². The second kappa shape index (κ2) is 5.94. The standard InChI is InChI=1S/C18H14O2S/c19-18-16(14-8-3-1-4-9-14)12-7-13-17(18)21(20)15-10-5-2-6-11-15/h1-13,19H. The molecule has 3 heteroatoms. The quantitative estimate of drug-likeness (QED) is 0.785. The fraction of sp³-hybridized carbons (Fsp3) is 0. The van der Waals surface area contributed by atoms with E-state index in [1.807, 2.05) is 60.7 Å². The zero-order valence-electron chi connectivity index (χ0n) is 11.3. The van der Waals surface area contributed by atoms with Crippen LogP contribution in [-0.4, -0.2) is 9.32 Å². The van der Waals surface area contributed by atoms with Gasteiger partial charge in [-0.15, -0.1) is 0 Å². The van der Waals surface area contributed by atoms with Crippen LogP contribution in [-0.2, 0) is 10.8 Å². The number of rotatable bonds is 3. The molecule has 0 saturated heterocycles. The summed E-state index contributed by atoms with van der Waals surface area (Å²) in [5.74, 6) is 0.0749. The van der Waals surface area contributed by atoms with E-state index in [9.17, 15) is 9.32 Å². The average molecular weight is 294 g/mol. The zero-order valence-corrected chi connectivity index (χ0v) is 12.1. The largest absolute Gasteiger partial charge is 0.506 e. The Morgan fingerprint density at radius 2 is 1.33 bits per heavy atom. The van der Waals surface area contributed by atoms with Gasteiger partial charge in [-0.2, -0.15) is 0 Å². The topological polar surface area (TPSA) is 37.3 Å². The van der Waals surface area contributed by atoms with Crippen molar-refractivity contribution in [3.05, 3.63) is 78.9 Å². The second-order valence-corrected chi connectivity index (χ2v) is 6.05. The maximum Gasteiger partial charge on any atom is 0.139 e. The lowest BCUT2D eigenvalue weighted by atomic mass is 10.1. The molecule has 0 spiro atoms. The Labute approximate surface area is 126 Å². The first kappa shape index (κ1) is 13.6. The van der Waals surface area contributed by atoms with Gasteiger partial charge in [0, 0.05) is 10.5 Å². The highest BCUT2D eigenvalue weighted by molar-refractivity contribution is 7.85. The van der Waals surface area contributed by atoms with Crippen molar-refractivity contribution >= 4 is 10.8 Å². The van der Waals surface area contributed by atoms with E-state index in [1.54, 1.807) is 18.2 Å². The first-order valence-electron chi connectivity index (χ1n) is 6.61. The van der Waals surface area contributed by atoms with Crippen molar-refractivity contribution in [3.8, 4) is 16.9 Å². The SMILES string of the molecule is O=S(c1ccccc1)c1cccc(-c2ccccc2)c1O. The van der Waals surface area contributed by atoms with Crippen molar-refractivity contribution in [2.75, 3.05) is 0 Å². The minimum absolute atomic E-state index is 0.0749. The first-order chi connectivity index (χ1) is 10.3. The highest BCUT2D eigenvalue weighted by Crippen LogP contribution is 2.35. The summed E-state index contributed by atoms with van der Waals surface area (Å²) in [5, 5.41) is 10.5. The second-order valence-electron chi connectivity index (χ2n) is 4.60. The Kier molecular flexibility index (Phi) is 3.84. The van der Waals surface area contributed by atoms with Crippen LogP contribution in [0, 0.1) is 0 Å². The van der Waals surface area contributed by atoms with Gasteiger partial charge in [0.2, 0.25) is 0 Å². The molecule has 0 bridgehead atoms. The predicted octanol–water partition coefficient (Wildman–Crippen LogP) is 4.23. The van der Waals surface area contributed by atoms with Gasteiger partial charge in [-0.25, -0.2) is 4.21 Å². The lowest BCUT2D eigenvalue weighted by molar-refractivity contribution is 0.463. The summed E-state index contributed by atoms with van der Waals surface area (Å²) < 4.78 is 12.6. The van der Waals surface area contributed by atoms with E-state index in [-0.39, 0.29) is 5.75 Å². The molecule has 0 fully saturated rings. The minimum atomic E-state index is -1.39. The van der Waals surface area contributed by atoms with Gasteiger partial charge >= 0.3 is 0 Å². The number of phenols is 1. The van der Waals surface area contributed by atoms with E-state index in [1.165, 1.54) is 0 Å². The smallest absolute Gasteiger partial charge is 0.139 e. The van der Waals surface area contributed by atoms with Gasteiger partial charge in [0.1, 0.15) is 5.75 Å². The van der Waals surface area contributed by atoms with Crippen LogP contribution in [0.25, 0.3) is 11.1 Å². The van der Waals surface area contributed by atoms with E-state index < -0.39 is 10.8 Å². The molecule has 1 unspecified atom stereocenters. The molecule has 0 radical (unpaired) electrons. The Morgan fingerprint density at radius 1 is 0.714 bits per heavy atom. The molecule has 0 aliphatic heterocycles. The third-order valence-electron chi connectivity index (χ3n) is 3.24. The fourth-order valence-corrected chi connectivity index (χ4v) is 3.34. The summed E-state index contributed by atoms with van der Waals surface area (Å²) in [6, 6.07) is 24.1. The molecule has 3 aromatic rings. The molecule has 0 aliphatic carbocycles. The van der Waals surface area contributed by atoms with Crippen molar-refractivity contribution in [1.82, 2.24) is 0 Å². The van der Waals surface area contributed by atoms with Crippen LogP contribution in [0.4, 0.5) is 0 Å². The molecular weight excluding hydrogens is 280 g/mol. The Morgan fingerprint density at radius 3 is 2.00 bits per heavy atom. The van der Waals surface area contributed by atoms with E-state index in [0.717, 1.165) is 5.56 Å². The number of hydrogen-bond donors (Lipinski definition) is 1. The highest BCUT2D eigenvalue weighted by Gasteiger charge is 2.15. The van der Waals surface area contributed by atoms with Crippen molar-refractivity contribution < 1.29 is 9.32 Å². The van der Waals surface area contributed by atoms with Crippen LogP contribution >= 0.6 is 0 Å². The van der Waals surface area contributed by atoms with E-state index in [4.69, 9.17) is 0 Å². The van der Waals surface area contributed by atoms with Crippen LogP contribution in [0.5, 0.6) is 5.75 Å². The number of phenolic OH excluding ortho intramolecular Hbond substituents is 1. The van der Waals surface area contributed by atoms with Crippen molar-refractivity contribution in [3.63, 3.8) is 0 Å². The molecule has 0 saturated carbocycles. The van der Waals surface area contributed by atoms with E-state index in [0.29, 0.717) is 15.4 Å². The number of aromatic hydroxyl groups is 1. The zero-order chi connectivity index (χ0) is 14.7. The van der Waals surface area contributed by atoms with Crippen molar-refractivity contribution in [2.24, 2.45) is 0 Å². The number of para-hydroxylation sites is 1. The van der Waals surface area contributed by atoms with Crippen LogP contribution in [0.15, 0.2) is 88.7 Å². The molecule has 21 heavy (non-hydrogen) atoms. The molecule has 1 N–H and O–H groups in total. The maximum atomic E-state index is 12.6. The molecule has 0 aromatic heterocycles. The van der Waals surface area contributed by atoms with Crippen molar-refractivity contribution in [1.29, 1.82) is 0 Å². The van der Waals surface area contributed by atoms with Crippen LogP contribution in [0.2, 0.25) is 0 Å². The Hall–Kier alpha value is -2.39. The molecule has 1 atom stereocenters. The number of benzene rings is 3.